The average Bonchev–Trinajstić information content (AvgIpc) is 3.82. The molecule has 1 aromatic heterocycles. The summed E-state index contributed by atoms with van der Waals surface area (Å²) in [6, 6.07) is 8.08. The highest BCUT2D eigenvalue weighted by molar-refractivity contribution is 7.91. The number of thiazole rings is 1. The molecule has 0 atom stereocenters. The van der Waals surface area contributed by atoms with Gasteiger partial charge in [0.1, 0.15) is 11.6 Å². The minimum atomic E-state index is -4.60. The minimum Gasteiger partial charge on any atom is -0.353 e. The van der Waals surface area contributed by atoms with Gasteiger partial charge in [0.05, 0.1) is 28.3 Å². The number of halogens is 5. The Bertz CT molecular complexity index is 1510. The van der Waals surface area contributed by atoms with Gasteiger partial charge in [-0.3, -0.25) is 4.79 Å². The number of alkyl halides is 3. The lowest BCUT2D eigenvalue weighted by atomic mass is 9.96. The predicted octanol–water partition coefficient (Wildman–Crippen LogP) is 7.21. The number of carbonyl (C=O) groups excluding carboxylic acids is 1. The molecule has 0 spiro atoms. The first kappa shape index (κ1) is 29.2. The molecule has 40 heavy (non-hydrogen) atoms. The van der Waals surface area contributed by atoms with Crippen molar-refractivity contribution in [1.29, 1.82) is 0 Å². The van der Waals surface area contributed by atoms with Crippen LogP contribution in [0.1, 0.15) is 54.8 Å². The number of hydrogen-bond donors (Lipinski definition) is 1. The number of anilines is 2. The van der Waals surface area contributed by atoms with Gasteiger partial charge in [-0.25, -0.2) is 13.4 Å². The van der Waals surface area contributed by atoms with E-state index in [1.54, 1.807) is 23.5 Å². The molecule has 2 aliphatic carbocycles. The highest BCUT2D eigenvalue weighted by Crippen LogP contribution is 2.59. The molecule has 13 heteroatoms. The molecule has 0 saturated heterocycles. The Morgan fingerprint density at radius 1 is 1.15 bits per heavy atom. The lowest BCUT2D eigenvalue weighted by Gasteiger charge is -2.26. The second-order valence-corrected chi connectivity index (χ2v) is 14.1. The molecular weight excluding hydrogens is 606 g/mol. The molecule has 2 fully saturated rings. The number of benzene rings is 2. The van der Waals surface area contributed by atoms with Crippen LogP contribution in [-0.2, 0) is 20.0 Å². The number of amides is 1. The lowest BCUT2D eigenvalue weighted by Crippen LogP contribution is -2.39. The summed E-state index contributed by atoms with van der Waals surface area (Å²) in [7, 11) is -3.52. The Morgan fingerprint density at radius 3 is 2.30 bits per heavy atom. The fourth-order valence-corrected chi connectivity index (χ4v) is 7.63. The highest BCUT2D eigenvalue weighted by Gasteiger charge is 2.51. The third-order valence-electron chi connectivity index (χ3n) is 7.13. The topological polar surface area (TPSA) is 79.4 Å². The Balaban J connectivity index is 1.33. The Hall–Kier alpha value is -2.34. The molecule has 1 heterocycles. The Morgan fingerprint density at radius 2 is 1.77 bits per heavy atom. The van der Waals surface area contributed by atoms with E-state index in [4.69, 9.17) is 28.2 Å². The number of carbonyl (C=O) groups is 1. The number of nitrogens with one attached hydrogen (secondary N) is 1. The van der Waals surface area contributed by atoms with Gasteiger partial charge < -0.3 is 10.2 Å². The fourth-order valence-electron chi connectivity index (χ4n) is 4.73. The number of hydrogen-bond acceptors (Lipinski definition) is 6. The summed E-state index contributed by atoms with van der Waals surface area (Å²) in [5.41, 5.74) is 1.79. The van der Waals surface area contributed by atoms with Crippen molar-refractivity contribution in [2.24, 2.45) is 0 Å². The smallest absolute Gasteiger partial charge is 0.353 e. The van der Waals surface area contributed by atoms with Crippen LogP contribution in [0.4, 0.5) is 24.5 Å². The summed E-state index contributed by atoms with van der Waals surface area (Å²) in [4.78, 5) is 18.5. The van der Waals surface area contributed by atoms with Crippen LogP contribution >= 0.6 is 34.5 Å². The maximum absolute atomic E-state index is 13.3. The van der Waals surface area contributed by atoms with Gasteiger partial charge in [-0.05, 0) is 62.1 Å². The van der Waals surface area contributed by atoms with Crippen LogP contribution in [0.15, 0.2) is 46.7 Å². The zero-order valence-corrected chi connectivity index (χ0v) is 24.5. The summed E-state index contributed by atoms with van der Waals surface area (Å²) >= 11 is 14.9. The van der Waals surface area contributed by atoms with Crippen LogP contribution in [-0.4, -0.2) is 44.3 Å². The summed E-state index contributed by atoms with van der Waals surface area (Å²) in [5, 5.41) is 6.35. The van der Waals surface area contributed by atoms with Crippen molar-refractivity contribution in [3.05, 3.63) is 68.1 Å². The third-order valence-corrected chi connectivity index (χ3v) is 10.5. The quantitative estimate of drug-likeness (QED) is 0.256. The molecule has 0 radical (unpaired) electrons. The standard InChI is InChI=1S/C27H26Cl2F3N3O3S2/c1-2-40(37,38)19-7-5-18(6-8-19)35(15-27(30,31)32)13-23(36)33-17-11-20(28)24(21(29)12-17)26(9-10-26)25-34-22(14-39-25)16-3-4-16/h5-8,11-12,14,16H,2-4,9-10,13,15H2,1H3,(H,33,36). The Kier molecular flexibility index (Phi) is 7.88. The van der Waals surface area contributed by atoms with Crippen molar-refractivity contribution in [2.75, 3.05) is 29.1 Å². The van der Waals surface area contributed by atoms with E-state index in [1.807, 2.05) is 0 Å². The van der Waals surface area contributed by atoms with Crippen LogP contribution in [0.3, 0.4) is 0 Å². The zero-order valence-electron chi connectivity index (χ0n) is 21.4. The molecule has 6 nitrogen and oxygen atoms in total. The second kappa shape index (κ2) is 10.8. The third kappa shape index (κ3) is 6.27. The molecule has 2 aliphatic rings. The van der Waals surface area contributed by atoms with Crippen LogP contribution in [0.25, 0.3) is 0 Å². The molecule has 5 rings (SSSR count). The van der Waals surface area contributed by atoms with Crippen LogP contribution in [0, 0.1) is 0 Å². The molecule has 214 valence electrons. The summed E-state index contributed by atoms with van der Waals surface area (Å²) in [6.07, 6.45) is -0.603. The first-order chi connectivity index (χ1) is 18.8. The van der Waals surface area contributed by atoms with Crippen LogP contribution in [0.5, 0.6) is 0 Å². The largest absolute Gasteiger partial charge is 0.405 e. The van der Waals surface area contributed by atoms with E-state index in [-0.39, 0.29) is 27.4 Å². The van der Waals surface area contributed by atoms with Crippen molar-refractivity contribution < 1.29 is 26.4 Å². The molecule has 0 bridgehead atoms. The SMILES string of the molecule is CCS(=O)(=O)c1ccc(N(CC(=O)Nc2cc(Cl)c(C3(c4nc(C5CC5)cs4)CC3)c(Cl)c2)CC(F)(F)F)cc1. The molecule has 1 N–H and O–H groups in total. The zero-order chi connectivity index (χ0) is 28.9. The first-order valence-corrected chi connectivity index (χ1v) is 16.0. The van der Waals surface area contributed by atoms with Crippen LogP contribution < -0.4 is 10.2 Å². The molecule has 2 saturated carbocycles. The highest BCUT2D eigenvalue weighted by atomic mass is 35.5. The van der Waals surface area contributed by atoms with E-state index in [9.17, 15) is 26.4 Å². The number of aromatic nitrogens is 1. The lowest BCUT2D eigenvalue weighted by molar-refractivity contribution is -0.122. The van der Waals surface area contributed by atoms with Gasteiger partial charge >= 0.3 is 6.18 Å². The van der Waals surface area contributed by atoms with Gasteiger partial charge in [-0.15, -0.1) is 11.3 Å². The fraction of sp³-hybridized carbons (Fsp3) is 0.407. The van der Waals surface area contributed by atoms with E-state index in [1.165, 1.54) is 31.2 Å². The van der Waals surface area contributed by atoms with E-state index in [0.717, 1.165) is 46.8 Å². The van der Waals surface area contributed by atoms with Crippen molar-refractivity contribution in [1.82, 2.24) is 4.98 Å². The average molecular weight is 633 g/mol. The van der Waals surface area contributed by atoms with Gasteiger partial charge in [-0.1, -0.05) is 30.1 Å². The molecule has 1 amide bonds. The van der Waals surface area contributed by atoms with Crippen molar-refractivity contribution in [3.8, 4) is 0 Å². The number of nitrogens with zero attached hydrogens (tertiary/aromatic N) is 2. The molecule has 3 aromatic rings. The molecule has 2 aromatic carbocycles. The molecule has 0 unspecified atom stereocenters. The number of sulfone groups is 1. The van der Waals surface area contributed by atoms with E-state index >= 15 is 0 Å². The van der Waals surface area contributed by atoms with Crippen LogP contribution in [0.2, 0.25) is 10.0 Å². The van der Waals surface area contributed by atoms with E-state index in [0.29, 0.717) is 16.0 Å². The molecule has 0 aliphatic heterocycles. The normalized spacial score (nSPS) is 16.6. The predicted molar refractivity (Wildman–Crippen MR) is 152 cm³/mol. The van der Waals surface area contributed by atoms with E-state index < -0.39 is 35.0 Å². The first-order valence-electron chi connectivity index (χ1n) is 12.7. The monoisotopic (exact) mass is 631 g/mol. The van der Waals surface area contributed by atoms with Gasteiger partial charge in [0, 0.05) is 38.3 Å². The van der Waals surface area contributed by atoms with Crippen molar-refractivity contribution in [3.63, 3.8) is 0 Å². The summed E-state index contributed by atoms with van der Waals surface area (Å²) in [6.45, 7) is -0.563. The van der Waals surface area contributed by atoms with Gasteiger partial charge in [-0.2, -0.15) is 13.2 Å². The maximum atomic E-state index is 13.3. The second-order valence-electron chi connectivity index (χ2n) is 10.2. The summed E-state index contributed by atoms with van der Waals surface area (Å²) < 4.78 is 64.2. The van der Waals surface area contributed by atoms with Crippen molar-refractivity contribution in [2.45, 2.75) is 55.0 Å². The summed E-state index contributed by atoms with van der Waals surface area (Å²) in [5.74, 6) is -0.328. The van der Waals surface area contributed by atoms with Gasteiger partial charge in [0.2, 0.25) is 5.91 Å². The van der Waals surface area contributed by atoms with Gasteiger partial charge in [0.25, 0.3) is 0 Å². The Labute approximate surface area is 244 Å². The van der Waals surface area contributed by atoms with E-state index in [2.05, 4.69) is 10.7 Å². The minimum absolute atomic E-state index is 0.00511. The maximum Gasteiger partial charge on any atom is 0.405 e. The number of rotatable bonds is 10. The van der Waals surface area contributed by atoms with Gasteiger partial charge in [0.15, 0.2) is 9.84 Å². The van der Waals surface area contributed by atoms with Crippen molar-refractivity contribution >= 4 is 61.7 Å². The molecular formula is C27H26Cl2F3N3O3S2.